The summed E-state index contributed by atoms with van der Waals surface area (Å²) in [7, 11) is 0. The molecule has 6 heteroatoms. The highest BCUT2D eigenvalue weighted by atomic mass is 32.1. The van der Waals surface area contributed by atoms with Crippen LogP contribution in [-0.4, -0.2) is 23.8 Å². The molecule has 3 heterocycles. The molecule has 2 aromatic rings. The van der Waals surface area contributed by atoms with Crippen molar-refractivity contribution >= 4 is 17.0 Å². The maximum Gasteiger partial charge on any atom is 0.159 e. The van der Waals surface area contributed by atoms with Gasteiger partial charge >= 0.3 is 0 Å². The number of hydrogen-bond acceptors (Lipinski definition) is 6. The summed E-state index contributed by atoms with van der Waals surface area (Å²) < 4.78 is 0. The number of hydrogen-bond donors (Lipinski definition) is 1. The molecule has 0 saturated carbocycles. The van der Waals surface area contributed by atoms with Gasteiger partial charge in [0.1, 0.15) is 5.71 Å². The van der Waals surface area contributed by atoms with E-state index in [0.29, 0.717) is 17.9 Å². The standard InChI is InChI=1S/C18H18N4OS/c19-10-13-3-1-2-4-14(13)17-9-15(22-23-17)16-11-24-18(21-16)12-5-7-20-8-6-12/h1-4,11-12,17,20H,5-9H2. The van der Waals surface area contributed by atoms with Crippen molar-refractivity contribution in [1.29, 1.82) is 5.26 Å². The van der Waals surface area contributed by atoms with Gasteiger partial charge in [-0.3, -0.25) is 0 Å². The van der Waals surface area contributed by atoms with E-state index in [2.05, 4.69) is 21.9 Å². The molecule has 1 atom stereocenters. The van der Waals surface area contributed by atoms with Crippen LogP contribution in [0.5, 0.6) is 0 Å². The number of benzene rings is 1. The van der Waals surface area contributed by atoms with Crippen LogP contribution in [0.4, 0.5) is 0 Å². The minimum Gasteiger partial charge on any atom is -0.387 e. The van der Waals surface area contributed by atoms with Gasteiger partial charge in [0.2, 0.25) is 0 Å². The second-order valence-corrected chi connectivity index (χ2v) is 7.02. The quantitative estimate of drug-likeness (QED) is 0.932. The first-order valence-corrected chi connectivity index (χ1v) is 9.11. The Morgan fingerprint density at radius 3 is 2.92 bits per heavy atom. The molecule has 4 rings (SSSR count). The van der Waals surface area contributed by atoms with E-state index < -0.39 is 0 Å². The third-order valence-corrected chi connectivity index (χ3v) is 5.61. The lowest BCUT2D eigenvalue weighted by Crippen LogP contribution is -2.26. The normalized spacial score (nSPS) is 21.1. The van der Waals surface area contributed by atoms with Crippen molar-refractivity contribution in [2.24, 2.45) is 5.16 Å². The molecule has 0 bridgehead atoms. The van der Waals surface area contributed by atoms with Gasteiger partial charge in [0.25, 0.3) is 0 Å². The third-order valence-electron chi connectivity index (χ3n) is 4.60. The number of nitrogens with one attached hydrogen (secondary N) is 1. The van der Waals surface area contributed by atoms with Gasteiger partial charge in [0.05, 0.1) is 22.3 Å². The predicted molar refractivity (Wildman–Crippen MR) is 93.1 cm³/mol. The van der Waals surface area contributed by atoms with E-state index in [1.807, 2.05) is 24.3 Å². The average Bonchev–Trinajstić information content (AvgIpc) is 3.32. The van der Waals surface area contributed by atoms with Crippen LogP contribution in [0, 0.1) is 11.3 Å². The fraction of sp³-hybridized carbons (Fsp3) is 0.389. The lowest BCUT2D eigenvalue weighted by molar-refractivity contribution is 0.0855. The minimum absolute atomic E-state index is 0.195. The molecular formula is C18H18N4OS. The average molecular weight is 338 g/mol. The van der Waals surface area contributed by atoms with Crippen molar-refractivity contribution in [3.63, 3.8) is 0 Å². The predicted octanol–water partition coefficient (Wildman–Crippen LogP) is 3.35. The lowest BCUT2D eigenvalue weighted by Gasteiger charge is -2.20. The van der Waals surface area contributed by atoms with Gasteiger partial charge in [-0.2, -0.15) is 5.26 Å². The molecule has 0 amide bonds. The van der Waals surface area contributed by atoms with Crippen LogP contribution in [0.3, 0.4) is 0 Å². The summed E-state index contributed by atoms with van der Waals surface area (Å²) in [5.41, 5.74) is 3.34. The highest BCUT2D eigenvalue weighted by Crippen LogP contribution is 2.33. The molecular weight excluding hydrogens is 320 g/mol. The molecule has 0 radical (unpaired) electrons. The zero-order valence-corrected chi connectivity index (χ0v) is 14.1. The highest BCUT2D eigenvalue weighted by molar-refractivity contribution is 7.09. The summed E-state index contributed by atoms with van der Waals surface area (Å²) in [6, 6.07) is 9.76. The molecule has 1 N–H and O–H groups in total. The number of aromatic nitrogens is 1. The van der Waals surface area contributed by atoms with Gasteiger partial charge in [-0.15, -0.1) is 11.3 Å². The molecule has 1 unspecified atom stereocenters. The molecule has 122 valence electrons. The zero-order valence-electron chi connectivity index (χ0n) is 13.2. The van der Waals surface area contributed by atoms with E-state index in [1.165, 1.54) is 5.01 Å². The molecule has 5 nitrogen and oxygen atoms in total. The minimum atomic E-state index is -0.195. The Bertz CT molecular complexity index is 801. The van der Waals surface area contributed by atoms with Gasteiger partial charge in [-0.25, -0.2) is 4.98 Å². The van der Waals surface area contributed by atoms with Gasteiger partial charge in [0, 0.05) is 23.3 Å². The third kappa shape index (κ3) is 2.93. The second kappa shape index (κ2) is 6.71. The van der Waals surface area contributed by atoms with Crippen molar-refractivity contribution in [2.45, 2.75) is 31.3 Å². The van der Waals surface area contributed by atoms with Crippen molar-refractivity contribution in [3.8, 4) is 6.07 Å². The summed E-state index contributed by atoms with van der Waals surface area (Å²) in [6.45, 7) is 2.13. The summed E-state index contributed by atoms with van der Waals surface area (Å²) in [4.78, 5) is 10.4. The maximum absolute atomic E-state index is 9.25. The SMILES string of the molecule is N#Cc1ccccc1C1CC(c2csc(C3CCNCC3)n2)=NO1. The first-order valence-electron chi connectivity index (χ1n) is 8.23. The van der Waals surface area contributed by atoms with Crippen LogP contribution in [0.25, 0.3) is 0 Å². The van der Waals surface area contributed by atoms with E-state index in [-0.39, 0.29) is 6.10 Å². The van der Waals surface area contributed by atoms with E-state index >= 15 is 0 Å². The Kier molecular flexibility index (Phi) is 4.28. The van der Waals surface area contributed by atoms with Crippen LogP contribution >= 0.6 is 11.3 Å². The Labute approximate surface area is 145 Å². The first kappa shape index (κ1) is 15.3. The van der Waals surface area contributed by atoms with Crippen LogP contribution in [0.2, 0.25) is 0 Å². The summed E-state index contributed by atoms with van der Waals surface area (Å²) in [5.74, 6) is 0.558. The molecule has 0 spiro atoms. The van der Waals surface area contributed by atoms with E-state index in [4.69, 9.17) is 9.82 Å². The summed E-state index contributed by atoms with van der Waals surface area (Å²) >= 11 is 1.72. The smallest absolute Gasteiger partial charge is 0.159 e. The number of nitriles is 1. The first-order chi connectivity index (χ1) is 11.8. The largest absolute Gasteiger partial charge is 0.387 e. The number of oxime groups is 1. The summed E-state index contributed by atoms with van der Waals surface area (Å²) in [5, 5.41) is 20.2. The lowest BCUT2D eigenvalue weighted by atomic mass is 9.98. The van der Waals surface area contributed by atoms with Crippen molar-refractivity contribution in [3.05, 3.63) is 51.5 Å². The Hall–Kier alpha value is -2.23. The molecule has 1 saturated heterocycles. The zero-order chi connectivity index (χ0) is 16.4. The fourth-order valence-electron chi connectivity index (χ4n) is 3.25. The molecule has 24 heavy (non-hydrogen) atoms. The Balaban J connectivity index is 1.49. The number of thiazole rings is 1. The molecule has 1 aromatic heterocycles. The van der Waals surface area contributed by atoms with Crippen molar-refractivity contribution in [1.82, 2.24) is 10.3 Å². The second-order valence-electron chi connectivity index (χ2n) is 6.13. The van der Waals surface area contributed by atoms with Gasteiger partial charge in [0.15, 0.2) is 6.10 Å². The van der Waals surface area contributed by atoms with E-state index in [9.17, 15) is 5.26 Å². The molecule has 1 aromatic carbocycles. The van der Waals surface area contributed by atoms with E-state index in [0.717, 1.165) is 42.9 Å². The topological polar surface area (TPSA) is 70.3 Å². The Morgan fingerprint density at radius 1 is 1.25 bits per heavy atom. The molecule has 2 aliphatic heterocycles. The molecule has 1 fully saturated rings. The summed E-state index contributed by atoms with van der Waals surface area (Å²) in [6.07, 6.45) is 2.76. The van der Waals surface area contributed by atoms with Crippen molar-refractivity contribution in [2.75, 3.05) is 13.1 Å². The van der Waals surface area contributed by atoms with Crippen LogP contribution in [0.15, 0.2) is 34.8 Å². The van der Waals surface area contributed by atoms with Gasteiger partial charge < -0.3 is 10.2 Å². The van der Waals surface area contributed by atoms with Crippen molar-refractivity contribution < 1.29 is 4.84 Å². The number of piperidine rings is 1. The highest BCUT2D eigenvalue weighted by Gasteiger charge is 2.28. The van der Waals surface area contributed by atoms with Crippen LogP contribution < -0.4 is 5.32 Å². The van der Waals surface area contributed by atoms with Gasteiger partial charge in [-0.1, -0.05) is 23.4 Å². The molecule has 2 aliphatic rings. The van der Waals surface area contributed by atoms with Crippen LogP contribution in [-0.2, 0) is 4.84 Å². The monoisotopic (exact) mass is 338 g/mol. The molecule has 0 aliphatic carbocycles. The van der Waals surface area contributed by atoms with Crippen LogP contribution in [0.1, 0.15) is 53.1 Å². The number of rotatable bonds is 3. The van der Waals surface area contributed by atoms with E-state index in [1.54, 1.807) is 11.3 Å². The number of nitrogens with zero attached hydrogens (tertiary/aromatic N) is 3. The maximum atomic E-state index is 9.25. The fourth-order valence-corrected chi connectivity index (χ4v) is 4.25. The Morgan fingerprint density at radius 2 is 2.08 bits per heavy atom. The van der Waals surface area contributed by atoms with Gasteiger partial charge in [-0.05, 0) is 32.0 Å².